The van der Waals surface area contributed by atoms with E-state index in [9.17, 15) is 9.59 Å². The molecule has 0 spiro atoms. The van der Waals surface area contributed by atoms with Crippen LogP contribution >= 0.6 is 15.9 Å². The number of carbonyl (C=O) groups excluding carboxylic acids is 2. The molecule has 0 bridgehead atoms. The molecule has 23 heavy (non-hydrogen) atoms. The second-order valence-corrected chi connectivity index (χ2v) is 6.49. The molecule has 2 amide bonds. The molecule has 4 nitrogen and oxygen atoms in total. The molecule has 2 aromatic rings. The molecule has 0 fully saturated rings. The van der Waals surface area contributed by atoms with Crippen LogP contribution in [0.2, 0.25) is 0 Å². The predicted octanol–water partition coefficient (Wildman–Crippen LogP) is 3.29. The van der Waals surface area contributed by atoms with Crippen LogP contribution in [0.15, 0.2) is 46.9 Å². The Bertz CT molecular complexity index is 756. The minimum absolute atomic E-state index is 0.0695. The van der Waals surface area contributed by atoms with Crippen molar-refractivity contribution >= 4 is 33.4 Å². The summed E-state index contributed by atoms with van der Waals surface area (Å²) >= 11 is 3.35. The molecule has 0 atom stereocenters. The smallest absolute Gasteiger partial charge is 0.251 e. The van der Waals surface area contributed by atoms with Crippen molar-refractivity contribution in [1.29, 1.82) is 0 Å². The maximum Gasteiger partial charge on any atom is 0.251 e. The Balaban J connectivity index is 1.66. The fourth-order valence-corrected chi connectivity index (χ4v) is 3.04. The Morgan fingerprint density at radius 3 is 2.61 bits per heavy atom. The van der Waals surface area contributed by atoms with Gasteiger partial charge in [0.05, 0.1) is 0 Å². The molecular formula is C18H17BrN2O2. The van der Waals surface area contributed by atoms with E-state index in [0.717, 1.165) is 34.3 Å². The Kier molecular flexibility index (Phi) is 4.48. The largest absolute Gasteiger partial charge is 0.348 e. The molecule has 0 saturated carbocycles. The van der Waals surface area contributed by atoms with E-state index in [2.05, 4.69) is 27.3 Å². The van der Waals surface area contributed by atoms with Crippen molar-refractivity contribution in [2.45, 2.75) is 19.9 Å². The van der Waals surface area contributed by atoms with E-state index in [1.807, 2.05) is 24.3 Å². The molecule has 0 unspecified atom stereocenters. The van der Waals surface area contributed by atoms with Gasteiger partial charge in [-0.25, -0.2) is 0 Å². The van der Waals surface area contributed by atoms with Gasteiger partial charge in [-0.3, -0.25) is 9.59 Å². The zero-order valence-electron chi connectivity index (χ0n) is 12.8. The summed E-state index contributed by atoms with van der Waals surface area (Å²) < 4.78 is 0.947. The minimum Gasteiger partial charge on any atom is -0.348 e. The van der Waals surface area contributed by atoms with Gasteiger partial charge in [0.25, 0.3) is 5.91 Å². The van der Waals surface area contributed by atoms with Crippen LogP contribution in [0.4, 0.5) is 5.69 Å². The molecule has 0 aromatic heterocycles. The Morgan fingerprint density at radius 2 is 1.91 bits per heavy atom. The first-order valence-electron chi connectivity index (χ1n) is 7.48. The van der Waals surface area contributed by atoms with E-state index < -0.39 is 0 Å². The van der Waals surface area contributed by atoms with E-state index in [0.29, 0.717) is 12.1 Å². The number of hydrogen-bond donors (Lipinski definition) is 1. The lowest BCUT2D eigenvalue weighted by Crippen LogP contribution is -2.25. The molecule has 0 radical (unpaired) electrons. The number of fused-ring (bicyclic) bond motifs is 1. The number of anilines is 1. The lowest BCUT2D eigenvalue weighted by atomic mass is 10.1. The lowest BCUT2D eigenvalue weighted by Gasteiger charge is -2.15. The third-order valence-electron chi connectivity index (χ3n) is 3.98. The molecule has 118 valence electrons. The van der Waals surface area contributed by atoms with E-state index in [1.165, 1.54) is 0 Å². The number of nitrogens with one attached hydrogen (secondary N) is 1. The summed E-state index contributed by atoms with van der Waals surface area (Å²) in [5.74, 6) is -0.0246. The molecule has 2 aromatic carbocycles. The lowest BCUT2D eigenvalue weighted by molar-refractivity contribution is -0.116. The fraction of sp³-hybridized carbons (Fsp3) is 0.222. The van der Waals surface area contributed by atoms with E-state index in [4.69, 9.17) is 0 Å². The van der Waals surface area contributed by atoms with Gasteiger partial charge in [0, 0.05) is 35.7 Å². The monoisotopic (exact) mass is 372 g/mol. The fourth-order valence-electron chi connectivity index (χ4n) is 2.78. The Labute approximate surface area is 143 Å². The highest BCUT2D eigenvalue weighted by molar-refractivity contribution is 9.10. The van der Waals surface area contributed by atoms with Gasteiger partial charge in [0.15, 0.2) is 0 Å². The van der Waals surface area contributed by atoms with E-state index in [1.54, 1.807) is 24.0 Å². The molecule has 0 aliphatic carbocycles. The quantitative estimate of drug-likeness (QED) is 0.898. The van der Waals surface area contributed by atoms with Crippen LogP contribution in [0.1, 0.15) is 28.4 Å². The van der Waals surface area contributed by atoms with Crippen LogP contribution in [0.25, 0.3) is 0 Å². The molecule has 5 heteroatoms. The predicted molar refractivity (Wildman–Crippen MR) is 93.5 cm³/mol. The van der Waals surface area contributed by atoms with E-state index >= 15 is 0 Å². The normalized spacial score (nSPS) is 12.9. The van der Waals surface area contributed by atoms with Gasteiger partial charge in [-0.2, -0.15) is 0 Å². The summed E-state index contributed by atoms with van der Waals surface area (Å²) in [6, 6.07) is 13.3. The van der Waals surface area contributed by atoms with Crippen LogP contribution in [-0.2, 0) is 17.8 Å². The zero-order valence-corrected chi connectivity index (χ0v) is 14.4. The third-order valence-corrected chi connectivity index (χ3v) is 4.51. The zero-order chi connectivity index (χ0) is 16.4. The second-order valence-electron chi connectivity index (χ2n) is 5.57. The molecular weight excluding hydrogens is 356 g/mol. The summed E-state index contributed by atoms with van der Waals surface area (Å²) in [5, 5.41) is 2.93. The highest BCUT2D eigenvalue weighted by atomic mass is 79.9. The summed E-state index contributed by atoms with van der Waals surface area (Å²) in [5.41, 5.74) is 3.83. The van der Waals surface area contributed by atoms with Gasteiger partial charge >= 0.3 is 0 Å². The van der Waals surface area contributed by atoms with Crippen molar-refractivity contribution in [3.63, 3.8) is 0 Å². The van der Waals surface area contributed by atoms with Gasteiger partial charge in [-0.15, -0.1) is 0 Å². The summed E-state index contributed by atoms with van der Waals surface area (Å²) in [4.78, 5) is 25.5. The highest BCUT2D eigenvalue weighted by Crippen LogP contribution is 2.28. The van der Waals surface area contributed by atoms with Gasteiger partial charge in [-0.1, -0.05) is 28.1 Å². The van der Waals surface area contributed by atoms with Gasteiger partial charge in [0.1, 0.15) is 0 Å². The third kappa shape index (κ3) is 3.45. The number of amides is 2. The summed E-state index contributed by atoms with van der Waals surface area (Å²) in [6.45, 7) is 2.79. The SMILES string of the molecule is CC(=O)N1CCc2cc(CNC(=O)c3ccc(Br)cc3)ccc21. The van der Waals surface area contributed by atoms with Crippen LogP contribution < -0.4 is 10.2 Å². The summed E-state index contributed by atoms with van der Waals surface area (Å²) in [7, 11) is 0. The van der Waals surface area contributed by atoms with Crippen molar-refractivity contribution in [2.24, 2.45) is 0 Å². The first-order valence-corrected chi connectivity index (χ1v) is 8.27. The second kappa shape index (κ2) is 6.54. The average molecular weight is 373 g/mol. The van der Waals surface area contributed by atoms with Crippen LogP contribution in [0, 0.1) is 0 Å². The maximum atomic E-state index is 12.1. The molecule has 1 aliphatic heterocycles. The van der Waals surface area contributed by atoms with Gasteiger partial charge in [-0.05, 0) is 47.9 Å². The Hall–Kier alpha value is -2.14. The number of hydrogen-bond acceptors (Lipinski definition) is 2. The standard InChI is InChI=1S/C18H17BrN2O2/c1-12(22)21-9-8-15-10-13(2-7-17(15)21)11-20-18(23)14-3-5-16(19)6-4-14/h2-7,10H,8-9,11H2,1H3,(H,20,23). The molecule has 0 saturated heterocycles. The van der Waals surface area contributed by atoms with Gasteiger partial charge in [0.2, 0.25) is 5.91 Å². The first kappa shape index (κ1) is 15.7. The molecule has 3 rings (SSSR count). The molecule has 1 heterocycles. The van der Waals surface area contributed by atoms with E-state index in [-0.39, 0.29) is 11.8 Å². The molecule has 1 N–H and O–H groups in total. The van der Waals surface area contributed by atoms with Crippen molar-refractivity contribution in [3.05, 3.63) is 63.6 Å². The van der Waals surface area contributed by atoms with Crippen LogP contribution in [0.5, 0.6) is 0 Å². The number of halogens is 1. The van der Waals surface area contributed by atoms with Crippen molar-refractivity contribution in [3.8, 4) is 0 Å². The van der Waals surface area contributed by atoms with Crippen molar-refractivity contribution in [1.82, 2.24) is 5.32 Å². The maximum absolute atomic E-state index is 12.1. The first-order chi connectivity index (χ1) is 11.0. The summed E-state index contributed by atoms with van der Waals surface area (Å²) in [6.07, 6.45) is 0.864. The van der Waals surface area contributed by atoms with Crippen molar-refractivity contribution in [2.75, 3.05) is 11.4 Å². The number of rotatable bonds is 3. The average Bonchev–Trinajstić information content (AvgIpc) is 2.96. The van der Waals surface area contributed by atoms with Gasteiger partial charge < -0.3 is 10.2 Å². The Morgan fingerprint density at radius 1 is 1.17 bits per heavy atom. The highest BCUT2D eigenvalue weighted by Gasteiger charge is 2.22. The number of benzene rings is 2. The minimum atomic E-state index is -0.0941. The number of nitrogens with zero attached hydrogens (tertiary/aromatic N) is 1. The van der Waals surface area contributed by atoms with Crippen molar-refractivity contribution < 1.29 is 9.59 Å². The van der Waals surface area contributed by atoms with Crippen LogP contribution in [0.3, 0.4) is 0 Å². The molecule has 1 aliphatic rings. The topological polar surface area (TPSA) is 49.4 Å². The number of carbonyl (C=O) groups is 2. The van der Waals surface area contributed by atoms with Crippen LogP contribution in [-0.4, -0.2) is 18.4 Å².